The molecule has 2 atom stereocenters. The summed E-state index contributed by atoms with van der Waals surface area (Å²) < 4.78 is 13.9. The van der Waals surface area contributed by atoms with Crippen LogP contribution in [0.3, 0.4) is 0 Å². The smallest absolute Gasteiger partial charge is 0.319 e. The molecular formula is C30H38N8O4. The third kappa shape index (κ3) is 5.95. The minimum absolute atomic E-state index is 0.0883. The van der Waals surface area contributed by atoms with E-state index < -0.39 is 0 Å². The van der Waals surface area contributed by atoms with Crippen LogP contribution in [-0.4, -0.2) is 100 Å². The molecule has 3 aliphatic rings. The first-order chi connectivity index (χ1) is 20.5. The number of nitrogens with zero attached hydrogens (tertiary/aromatic N) is 7. The number of piperazine rings is 1. The third-order valence-electron chi connectivity index (χ3n) is 8.41. The van der Waals surface area contributed by atoms with Crippen LogP contribution in [0.5, 0.6) is 6.01 Å². The minimum Gasteiger partial charge on any atom is -0.462 e. The molecule has 3 saturated heterocycles. The van der Waals surface area contributed by atoms with Crippen molar-refractivity contribution in [3.8, 4) is 6.01 Å². The lowest BCUT2D eigenvalue weighted by Crippen LogP contribution is -2.48. The normalized spacial score (nSPS) is 21.5. The Kier molecular flexibility index (Phi) is 8.34. The van der Waals surface area contributed by atoms with E-state index in [1.807, 2.05) is 22.9 Å². The van der Waals surface area contributed by atoms with E-state index >= 15 is 0 Å². The number of nitrogens with one attached hydrogen (secondary N) is 1. The Morgan fingerprint density at radius 3 is 2.71 bits per heavy atom. The van der Waals surface area contributed by atoms with Crippen LogP contribution < -0.4 is 15.0 Å². The highest BCUT2D eigenvalue weighted by Gasteiger charge is 2.26. The Morgan fingerprint density at radius 2 is 1.98 bits per heavy atom. The molecule has 1 unspecified atom stereocenters. The number of hydrogen-bond acceptors (Lipinski definition) is 9. The van der Waals surface area contributed by atoms with Crippen molar-refractivity contribution in [2.24, 2.45) is 0 Å². The van der Waals surface area contributed by atoms with Crippen molar-refractivity contribution in [3.05, 3.63) is 48.8 Å². The van der Waals surface area contributed by atoms with Gasteiger partial charge in [-0.3, -0.25) is 9.59 Å². The van der Waals surface area contributed by atoms with Gasteiger partial charge in [-0.25, -0.2) is 4.68 Å². The highest BCUT2D eigenvalue weighted by Crippen LogP contribution is 2.30. The fourth-order valence-corrected chi connectivity index (χ4v) is 5.91. The van der Waals surface area contributed by atoms with E-state index in [9.17, 15) is 9.59 Å². The third-order valence-corrected chi connectivity index (χ3v) is 8.41. The number of benzene rings is 1. The van der Waals surface area contributed by atoms with E-state index in [1.54, 1.807) is 17.2 Å². The van der Waals surface area contributed by atoms with Crippen molar-refractivity contribution in [1.82, 2.24) is 29.5 Å². The number of amides is 2. The molecule has 1 aromatic carbocycles. The van der Waals surface area contributed by atoms with Gasteiger partial charge in [0.2, 0.25) is 5.91 Å². The molecule has 0 bridgehead atoms. The summed E-state index contributed by atoms with van der Waals surface area (Å²) >= 11 is 0. The fraction of sp³-hybridized carbons (Fsp3) is 0.500. The maximum atomic E-state index is 13.6. The summed E-state index contributed by atoms with van der Waals surface area (Å²) in [6.07, 6.45) is 8.24. The quantitative estimate of drug-likeness (QED) is 0.405. The Labute approximate surface area is 245 Å². The number of aromatic nitrogens is 4. The lowest BCUT2D eigenvalue weighted by molar-refractivity contribution is -0.126. The Bertz CT molecular complexity index is 1440. The number of rotatable bonds is 8. The summed E-state index contributed by atoms with van der Waals surface area (Å²) in [5.41, 5.74) is 1.76. The molecule has 5 heterocycles. The second kappa shape index (κ2) is 12.5. The number of fused-ring (bicyclic) bond motifs is 1. The maximum absolute atomic E-state index is 13.6. The van der Waals surface area contributed by atoms with Crippen molar-refractivity contribution < 1.29 is 19.1 Å². The second-order valence-corrected chi connectivity index (χ2v) is 11.1. The van der Waals surface area contributed by atoms with Gasteiger partial charge in [0, 0.05) is 50.3 Å². The molecule has 2 amide bonds. The van der Waals surface area contributed by atoms with Gasteiger partial charge in [0.1, 0.15) is 18.1 Å². The van der Waals surface area contributed by atoms with E-state index in [0.29, 0.717) is 44.3 Å². The Balaban J connectivity index is 1.24. The van der Waals surface area contributed by atoms with Crippen molar-refractivity contribution >= 4 is 34.2 Å². The lowest BCUT2D eigenvalue weighted by Gasteiger charge is -2.35. The first-order valence-electron chi connectivity index (χ1n) is 14.8. The number of hydrogen-bond donors (Lipinski definition) is 1. The second-order valence-electron chi connectivity index (χ2n) is 11.1. The summed E-state index contributed by atoms with van der Waals surface area (Å²) in [6, 6.07) is 7.89. The number of carbonyl (C=O) groups excluding carboxylic acids is 2. The maximum Gasteiger partial charge on any atom is 0.319 e. The molecule has 12 nitrogen and oxygen atoms in total. The van der Waals surface area contributed by atoms with Gasteiger partial charge in [-0.05, 0) is 63.9 Å². The molecular weight excluding hydrogens is 536 g/mol. The van der Waals surface area contributed by atoms with Gasteiger partial charge in [-0.2, -0.15) is 15.1 Å². The van der Waals surface area contributed by atoms with Crippen molar-refractivity contribution in [1.29, 1.82) is 0 Å². The molecule has 3 aromatic rings. The van der Waals surface area contributed by atoms with Crippen LogP contribution in [-0.2, 0) is 9.53 Å². The predicted molar refractivity (Wildman–Crippen MR) is 159 cm³/mol. The predicted octanol–water partition coefficient (Wildman–Crippen LogP) is 3.09. The Morgan fingerprint density at radius 1 is 1.12 bits per heavy atom. The van der Waals surface area contributed by atoms with Gasteiger partial charge in [0.25, 0.3) is 5.91 Å². The van der Waals surface area contributed by atoms with Gasteiger partial charge in [0.15, 0.2) is 6.23 Å². The van der Waals surface area contributed by atoms with Crippen LogP contribution in [0.15, 0.2) is 43.1 Å². The molecule has 3 aliphatic heterocycles. The fourth-order valence-electron chi connectivity index (χ4n) is 5.91. The van der Waals surface area contributed by atoms with Gasteiger partial charge in [-0.15, -0.1) is 0 Å². The van der Waals surface area contributed by atoms with Crippen LogP contribution in [0.25, 0.3) is 10.9 Å². The molecule has 3 fully saturated rings. The molecule has 12 heteroatoms. The van der Waals surface area contributed by atoms with E-state index in [2.05, 4.69) is 43.8 Å². The zero-order chi connectivity index (χ0) is 29.1. The minimum atomic E-state index is -0.365. The van der Waals surface area contributed by atoms with Gasteiger partial charge in [-0.1, -0.05) is 12.6 Å². The summed E-state index contributed by atoms with van der Waals surface area (Å²) in [4.78, 5) is 41.0. The molecule has 0 aliphatic carbocycles. The molecule has 42 heavy (non-hydrogen) atoms. The van der Waals surface area contributed by atoms with E-state index in [-0.39, 0.29) is 35.8 Å². The van der Waals surface area contributed by atoms with Gasteiger partial charge in [0.05, 0.1) is 17.4 Å². The average Bonchev–Trinajstić information content (AvgIpc) is 3.66. The highest BCUT2D eigenvalue weighted by atomic mass is 16.5. The summed E-state index contributed by atoms with van der Waals surface area (Å²) in [7, 11) is 2.09. The number of ether oxygens (including phenoxy) is 2. The SMILES string of the molecule is C=CC(=O)N1CCN(c2cc(C(=O)Nc3cccc4c3cnn4C3CCCCO3)nc(OC[C@@H]3CCCN3C)n2)CC1. The van der Waals surface area contributed by atoms with Crippen LogP contribution in [0.4, 0.5) is 11.5 Å². The molecule has 0 radical (unpaired) electrons. The van der Waals surface area contributed by atoms with Gasteiger partial charge < -0.3 is 29.5 Å². The number of carbonyl (C=O) groups is 2. The summed E-state index contributed by atoms with van der Waals surface area (Å²) in [6.45, 7) is 8.02. The van der Waals surface area contributed by atoms with Crippen LogP contribution in [0, 0.1) is 0 Å². The molecule has 2 aromatic heterocycles. The zero-order valence-electron chi connectivity index (χ0n) is 24.1. The zero-order valence-corrected chi connectivity index (χ0v) is 24.1. The first kappa shape index (κ1) is 28.1. The van der Waals surface area contributed by atoms with Crippen molar-refractivity contribution in [2.75, 3.05) is 63.2 Å². The summed E-state index contributed by atoms with van der Waals surface area (Å²) in [5, 5.41) is 8.46. The van der Waals surface area contributed by atoms with Crippen LogP contribution >= 0.6 is 0 Å². The van der Waals surface area contributed by atoms with Crippen molar-refractivity contribution in [3.63, 3.8) is 0 Å². The van der Waals surface area contributed by atoms with Crippen LogP contribution in [0.1, 0.15) is 48.8 Å². The standard InChI is InChI=1S/C30H38N8O4/c1-3-27(39)37-15-13-36(14-16-37)26-18-24(33-30(34-26)42-20-21-8-7-12-35(21)2)29(40)32-23-9-6-10-25-22(23)19-31-38(25)28-11-4-5-17-41-28/h3,6,9-10,18-19,21,28H,1,4-5,7-8,11-17,20H2,2H3,(H,32,40)/t21-,28?/m0/s1. The molecule has 6 rings (SSSR count). The molecule has 222 valence electrons. The number of likely N-dealkylation sites (tertiary alicyclic amines) is 1. The summed E-state index contributed by atoms with van der Waals surface area (Å²) in [5.74, 6) is 0.141. The molecule has 1 N–H and O–H groups in total. The highest BCUT2D eigenvalue weighted by molar-refractivity contribution is 6.08. The molecule has 0 spiro atoms. The largest absolute Gasteiger partial charge is 0.462 e. The van der Waals surface area contributed by atoms with Crippen LogP contribution in [0.2, 0.25) is 0 Å². The number of anilines is 2. The van der Waals surface area contributed by atoms with E-state index in [1.165, 1.54) is 6.08 Å². The van der Waals surface area contributed by atoms with Gasteiger partial charge >= 0.3 is 6.01 Å². The van der Waals surface area contributed by atoms with E-state index in [0.717, 1.165) is 56.2 Å². The van der Waals surface area contributed by atoms with E-state index in [4.69, 9.17) is 9.47 Å². The Hall–Kier alpha value is -4.03. The average molecular weight is 575 g/mol. The van der Waals surface area contributed by atoms with Crippen molar-refractivity contribution in [2.45, 2.75) is 44.4 Å². The monoisotopic (exact) mass is 574 g/mol. The number of likely N-dealkylation sites (N-methyl/N-ethyl adjacent to an activating group) is 1. The molecule has 0 saturated carbocycles. The topological polar surface area (TPSA) is 118 Å². The first-order valence-corrected chi connectivity index (χ1v) is 14.8. The lowest BCUT2D eigenvalue weighted by atomic mass is 10.1.